The molecule has 0 unspecified atom stereocenters. The Bertz CT molecular complexity index is 274. The Kier molecular flexibility index (Phi) is 4.24. The van der Waals surface area contributed by atoms with Crippen molar-refractivity contribution in [1.82, 2.24) is 0 Å². The van der Waals surface area contributed by atoms with Gasteiger partial charge in [-0.05, 0) is 49.6 Å². The summed E-state index contributed by atoms with van der Waals surface area (Å²) in [5.41, 5.74) is 9.03. The fourth-order valence-electron chi connectivity index (χ4n) is 1.67. The molecular weight excluding hydrogens is 186 g/mol. The molecule has 2 nitrogen and oxygen atoms in total. The van der Waals surface area contributed by atoms with E-state index in [1.165, 1.54) is 0 Å². The van der Waals surface area contributed by atoms with Crippen LogP contribution >= 0.6 is 12.4 Å². The number of halogens is 1. The van der Waals surface area contributed by atoms with E-state index < -0.39 is 0 Å². The minimum Gasteiger partial charge on any atom is -0.508 e. The normalized spacial score (nSPS) is 12.0. The molecule has 0 bridgehead atoms. The molecule has 0 aromatic heterocycles. The summed E-state index contributed by atoms with van der Waals surface area (Å²) in [6, 6.07) is 3.52. The van der Waals surface area contributed by atoms with Crippen LogP contribution in [0.3, 0.4) is 0 Å². The van der Waals surface area contributed by atoms with Gasteiger partial charge in [-0.15, -0.1) is 12.4 Å². The largest absolute Gasteiger partial charge is 0.508 e. The zero-order valence-corrected chi connectivity index (χ0v) is 8.98. The summed E-state index contributed by atoms with van der Waals surface area (Å²) in [6.07, 6.45) is 0. The maximum Gasteiger partial charge on any atom is 0.116 e. The topological polar surface area (TPSA) is 46.2 Å². The van der Waals surface area contributed by atoms with Gasteiger partial charge in [0.1, 0.15) is 5.75 Å². The lowest BCUT2D eigenvalue weighted by Gasteiger charge is -2.13. The summed E-state index contributed by atoms with van der Waals surface area (Å²) >= 11 is 0. The van der Waals surface area contributed by atoms with Crippen LogP contribution in [0.5, 0.6) is 5.75 Å². The van der Waals surface area contributed by atoms with Gasteiger partial charge in [-0.2, -0.15) is 0 Å². The number of hydrogen-bond acceptors (Lipinski definition) is 2. The molecule has 3 N–H and O–H groups in total. The summed E-state index contributed by atoms with van der Waals surface area (Å²) in [7, 11) is 0. The molecule has 0 aliphatic rings. The lowest BCUT2D eigenvalue weighted by Crippen LogP contribution is -2.08. The van der Waals surface area contributed by atoms with Crippen LogP contribution in [0.2, 0.25) is 0 Å². The number of aromatic hydroxyl groups is 1. The zero-order chi connectivity index (χ0) is 9.30. The van der Waals surface area contributed by atoms with Crippen LogP contribution in [0.25, 0.3) is 0 Å². The summed E-state index contributed by atoms with van der Waals surface area (Å²) in [5.74, 6) is 0.314. The molecule has 0 saturated carbocycles. The molecule has 0 aliphatic carbocycles. The molecule has 1 rings (SSSR count). The van der Waals surface area contributed by atoms with E-state index in [1.54, 1.807) is 12.1 Å². The van der Waals surface area contributed by atoms with Gasteiger partial charge < -0.3 is 10.8 Å². The second kappa shape index (κ2) is 4.49. The van der Waals surface area contributed by atoms with Crippen molar-refractivity contribution in [2.75, 3.05) is 0 Å². The minimum absolute atomic E-state index is 0. The Hall–Kier alpha value is -0.730. The quantitative estimate of drug-likeness (QED) is 0.733. The lowest BCUT2D eigenvalue weighted by atomic mass is 9.97. The maximum atomic E-state index is 9.26. The van der Waals surface area contributed by atoms with Gasteiger partial charge in [0.2, 0.25) is 0 Å². The Labute approximate surface area is 85.2 Å². The summed E-state index contributed by atoms with van der Waals surface area (Å²) < 4.78 is 0. The van der Waals surface area contributed by atoms with Gasteiger partial charge in [0.05, 0.1) is 0 Å². The molecule has 0 saturated heterocycles. The molecule has 1 atom stereocenters. The van der Waals surface area contributed by atoms with Crippen molar-refractivity contribution < 1.29 is 5.11 Å². The Morgan fingerprint density at radius 2 is 1.62 bits per heavy atom. The van der Waals surface area contributed by atoms with Crippen LogP contribution in [0, 0.1) is 13.8 Å². The van der Waals surface area contributed by atoms with Gasteiger partial charge in [-0.3, -0.25) is 0 Å². The molecule has 0 radical (unpaired) electrons. The Balaban J connectivity index is 0.00000144. The summed E-state index contributed by atoms with van der Waals surface area (Å²) in [5, 5.41) is 9.26. The van der Waals surface area contributed by atoms with E-state index in [-0.39, 0.29) is 18.4 Å². The standard InChI is InChI=1S/C10H15NO.ClH/c1-6-4-9(12)5-7(2)10(6)8(3)11;/h4-5,8,12H,11H2,1-3H3;1H/t8-;/m0./s1. The molecule has 0 amide bonds. The fourth-order valence-corrected chi connectivity index (χ4v) is 1.67. The number of benzene rings is 1. The van der Waals surface area contributed by atoms with E-state index >= 15 is 0 Å². The van der Waals surface area contributed by atoms with Crippen LogP contribution in [0.15, 0.2) is 12.1 Å². The van der Waals surface area contributed by atoms with E-state index in [0.717, 1.165) is 16.7 Å². The van der Waals surface area contributed by atoms with Crippen LogP contribution in [-0.4, -0.2) is 5.11 Å². The van der Waals surface area contributed by atoms with Crippen molar-refractivity contribution in [3.8, 4) is 5.75 Å². The molecule has 0 spiro atoms. The first-order valence-corrected chi connectivity index (χ1v) is 4.08. The highest BCUT2D eigenvalue weighted by atomic mass is 35.5. The first-order valence-electron chi connectivity index (χ1n) is 4.08. The van der Waals surface area contributed by atoms with E-state index in [9.17, 15) is 5.11 Å². The number of aryl methyl sites for hydroxylation is 2. The highest BCUT2D eigenvalue weighted by Gasteiger charge is 2.07. The third-order valence-corrected chi connectivity index (χ3v) is 2.03. The van der Waals surface area contributed by atoms with E-state index in [0.29, 0.717) is 5.75 Å². The highest BCUT2D eigenvalue weighted by molar-refractivity contribution is 5.85. The number of hydrogen-bond donors (Lipinski definition) is 2. The Morgan fingerprint density at radius 1 is 1.23 bits per heavy atom. The SMILES string of the molecule is Cc1cc(O)cc(C)c1[C@H](C)N.Cl. The van der Waals surface area contributed by atoms with Crippen LogP contribution < -0.4 is 5.73 Å². The molecule has 0 heterocycles. The predicted molar refractivity (Wildman–Crippen MR) is 57.4 cm³/mol. The predicted octanol–water partition coefficient (Wildman–Crippen LogP) is 2.45. The zero-order valence-electron chi connectivity index (χ0n) is 8.16. The molecule has 1 aromatic carbocycles. The van der Waals surface area contributed by atoms with E-state index in [4.69, 9.17) is 5.73 Å². The van der Waals surface area contributed by atoms with Gasteiger partial charge in [0.15, 0.2) is 0 Å². The lowest BCUT2D eigenvalue weighted by molar-refractivity contribution is 0.474. The number of nitrogens with two attached hydrogens (primary N) is 1. The number of phenols is 1. The third-order valence-electron chi connectivity index (χ3n) is 2.03. The number of rotatable bonds is 1. The first-order chi connectivity index (χ1) is 5.52. The van der Waals surface area contributed by atoms with E-state index in [1.807, 2.05) is 20.8 Å². The van der Waals surface area contributed by atoms with Crippen molar-refractivity contribution in [3.05, 3.63) is 28.8 Å². The second-order valence-electron chi connectivity index (χ2n) is 3.28. The van der Waals surface area contributed by atoms with Crippen molar-refractivity contribution in [2.45, 2.75) is 26.8 Å². The van der Waals surface area contributed by atoms with Crippen molar-refractivity contribution in [1.29, 1.82) is 0 Å². The smallest absolute Gasteiger partial charge is 0.116 e. The summed E-state index contributed by atoms with van der Waals surface area (Å²) in [6.45, 7) is 5.88. The molecular formula is C10H16ClNO. The van der Waals surface area contributed by atoms with Gasteiger partial charge in [-0.25, -0.2) is 0 Å². The minimum atomic E-state index is 0. The van der Waals surface area contributed by atoms with Gasteiger partial charge in [0.25, 0.3) is 0 Å². The van der Waals surface area contributed by atoms with Crippen LogP contribution in [0.1, 0.15) is 29.7 Å². The average molecular weight is 202 g/mol. The molecule has 13 heavy (non-hydrogen) atoms. The molecule has 74 valence electrons. The third kappa shape index (κ3) is 2.61. The first kappa shape index (κ1) is 12.3. The van der Waals surface area contributed by atoms with Crippen LogP contribution in [-0.2, 0) is 0 Å². The summed E-state index contributed by atoms with van der Waals surface area (Å²) in [4.78, 5) is 0. The van der Waals surface area contributed by atoms with Crippen molar-refractivity contribution in [3.63, 3.8) is 0 Å². The molecule has 3 heteroatoms. The van der Waals surface area contributed by atoms with Gasteiger partial charge in [0, 0.05) is 6.04 Å². The highest BCUT2D eigenvalue weighted by Crippen LogP contribution is 2.24. The maximum absolute atomic E-state index is 9.26. The van der Waals surface area contributed by atoms with Crippen molar-refractivity contribution in [2.24, 2.45) is 5.73 Å². The second-order valence-corrected chi connectivity index (χ2v) is 3.28. The van der Waals surface area contributed by atoms with Crippen molar-refractivity contribution >= 4 is 12.4 Å². The van der Waals surface area contributed by atoms with Gasteiger partial charge >= 0.3 is 0 Å². The van der Waals surface area contributed by atoms with Crippen LogP contribution in [0.4, 0.5) is 0 Å². The average Bonchev–Trinajstić information content (AvgIpc) is 1.82. The fraction of sp³-hybridized carbons (Fsp3) is 0.400. The number of phenolic OH excluding ortho intramolecular Hbond substituents is 1. The molecule has 1 aromatic rings. The molecule has 0 aliphatic heterocycles. The van der Waals surface area contributed by atoms with E-state index in [2.05, 4.69) is 0 Å². The van der Waals surface area contributed by atoms with Gasteiger partial charge in [-0.1, -0.05) is 0 Å². The monoisotopic (exact) mass is 201 g/mol. The molecule has 0 fully saturated rings. The Morgan fingerprint density at radius 3 is 1.92 bits per heavy atom.